The van der Waals surface area contributed by atoms with E-state index in [9.17, 15) is 4.79 Å². The van der Waals surface area contributed by atoms with Gasteiger partial charge in [0, 0.05) is 19.3 Å². The van der Waals surface area contributed by atoms with E-state index in [2.05, 4.69) is 20.4 Å². The van der Waals surface area contributed by atoms with E-state index in [4.69, 9.17) is 0 Å². The first-order valence-corrected chi connectivity index (χ1v) is 8.03. The largest absolute Gasteiger partial charge is 0.339 e. The third-order valence-electron chi connectivity index (χ3n) is 4.35. The lowest BCUT2D eigenvalue weighted by molar-refractivity contribution is 0.0686. The van der Waals surface area contributed by atoms with Crippen LogP contribution in [0.5, 0.6) is 0 Å². The number of hydrogen-bond donors (Lipinski definition) is 1. The van der Waals surface area contributed by atoms with Gasteiger partial charge in [-0.25, -0.2) is 14.6 Å². The molecular weight excluding hydrogens is 292 g/mol. The van der Waals surface area contributed by atoms with Crippen LogP contribution in [0.4, 0.5) is 0 Å². The molecule has 1 fully saturated rings. The summed E-state index contributed by atoms with van der Waals surface area (Å²) in [5.41, 5.74) is 0.627. The van der Waals surface area contributed by atoms with E-state index in [1.165, 1.54) is 12.7 Å². The molecule has 0 aromatic carbocycles. The van der Waals surface area contributed by atoms with Crippen molar-refractivity contribution in [3.63, 3.8) is 0 Å². The summed E-state index contributed by atoms with van der Waals surface area (Å²) in [4.78, 5) is 22.7. The monoisotopic (exact) mass is 314 g/mol. The molecule has 0 spiro atoms. The van der Waals surface area contributed by atoms with Crippen molar-refractivity contribution in [3.8, 4) is 5.82 Å². The van der Waals surface area contributed by atoms with Crippen molar-refractivity contribution in [1.29, 1.82) is 0 Å². The van der Waals surface area contributed by atoms with Crippen LogP contribution in [-0.2, 0) is 0 Å². The first-order valence-electron chi connectivity index (χ1n) is 8.03. The second-order valence-corrected chi connectivity index (χ2v) is 5.87. The van der Waals surface area contributed by atoms with Gasteiger partial charge in [0.05, 0.1) is 5.56 Å². The molecule has 7 heteroatoms. The standard InChI is InChI=1S/C16H22N6O/c1-17-7-4-13-5-8-21(9-6-13)16(23)14-2-3-15(19-10-14)22-12-18-11-20-22/h2-3,10-13,17H,4-9H2,1H3. The van der Waals surface area contributed by atoms with E-state index in [0.29, 0.717) is 11.4 Å². The molecule has 2 aromatic rings. The number of pyridine rings is 1. The number of nitrogens with zero attached hydrogens (tertiary/aromatic N) is 5. The van der Waals surface area contributed by atoms with Gasteiger partial charge in [-0.3, -0.25) is 4.79 Å². The summed E-state index contributed by atoms with van der Waals surface area (Å²) in [7, 11) is 1.98. The molecular formula is C16H22N6O. The summed E-state index contributed by atoms with van der Waals surface area (Å²) < 4.78 is 1.57. The predicted octanol–water partition coefficient (Wildman–Crippen LogP) is 1.12. The van der Waals surface area contributed by atoms with Gasteiger partial charge < -0.3 is 10.2 Å². The zero-order valence-corrected chi connectivity index (χ0v) is 13.4. The van der Waals surface area contributed by atoms with Crippen LogP contribution in [0.2, 0.25) is 0 Å². The summed E-state index contributed by atoms with van der Waals surface area (Å²) in [5.74, 6) is 1.44. The van der Waals surface area contributed by atoms with Crippen LogP contribution in [0.3, 0.4) is 0 Å². The Bertz CT molecular complexity index is 617. The van der Waals surface area contributed by atoms with Crippen LogP contribution < -0.4 is 5.32 Å². The van der Waals surface area contributed by atoms with Crippen molar-refractivity contribution in [1.82, 2.24) is 30.0 Å². The molecule has 1 aliphatic heterocycles. The second-order valence-electron chi connectivity index (χ2n) is 5.87. The van der Waals surface area contributed by atoms with Gasteiger partial charge in [-0.15, -0.1) is 0 Å². The number of amides is 1. The third kappa shape index (κ3) is 3.73. The molecule has 2 aromatic heterocycles. The van der Waals surface area contributed by atoms with Crippen molar-refractivity contribution < 1.29 is 4.79 Å². The van der Waals surface area contributed by atoms with E-state index in [1.807, 2.05) is 11.9 Å². The van der Waals surface area contributed by atoms with E-state index in [0.717, 1.165) is 38.4 Å². The Kier molecular flexibility index (Phi) is 4.97. The molecule has 3 heterocycles. The van der Waals surface area contributed by atoms with Gasteiger partial charge in [-0.05, 0) is 50.9 Å². The lowest BCUT2D eigenvalue weighted by Gasteiger charge is -2.32. The molecule has 122 valence electrons. The van der Waals surface area contributed by atoms with Crippen LogP contribution in [0.25, 0.3) is 5.82 Å². The lowest BCUT2D eigenvalue weighted by Crippen LogP contribution is -2.39. The molecule has 0 radical (unpaired) electrons. The summed E-state index contributed by atoms with van der Waals surface area (Å²) in [6, 6.07) is 3.60. The average molecular weight is 314 g/mol. The minimum Gasteiger partial charge on any atom is -0.339 e. The smallest absolute Gasteiger partial charge is 0.255 e. The summed E-state index contributed by atoms with van der Waals surface area (Å²) >= 11 is 0. The molecule has 23 heavy (non-hydrogen) atoms. The SMILES string of the molecule is CNCCC1CCN(C(=O)c2ccc(-n3cncn3)nc2)CC1. The second kappa shape index (κ2) is 7.32. The van der Waals surface area contributed by atoms with E-state index in [1.54, 1.807) is 29.3 Å². The Morgan fingerprint density at radius 1 is 1.35 bits per heavy atom. The highest BCUT2D eigenvalue weighted by Gasteiger charge is 2.23. The van der Waals surface area contributed by atoms with Crippen molar-refractivity contribution in [2.24, 2.45) is 5.92 Å². The summed E-state index contributed by atoms with van der Waals surface area (Å²) in [5, 5.41) is 7.22. The van der Waals surface area contributed by atoms with Crippen LogP contribution in [0.1, 0.15) is 29.6 Å². The summed E-state index contributed by atoms with van der Waals surface area (Å²) in [6.07, 6.45) is 8.01. The fourth-order valence-corrected chi connectivity index (χ4v) is 2.93. The van der Waals surface area contributed by atoms with Gasteiger partial charge in [0.1, 0.15) is 12.7 Å². The van der Waals surface area contributed by atoms with Crippen molar-refractivity contribution >= 4 is 5.91 Å². The Morgan fingerprint density at radius 3 is 2.78 bits per heavy atom. The number of piperidine rings is 1. The zero-order valence-electron chi connectivity index (χ0n) is 13.4. The number of likely N-dealkylation sites (tertiary alicyclic amines) is 1. The minimum atomic E-state index is 0.0645. The Balaban J connectivity index is 1.58. The highest BCUT2D eigenvalue weighted by molar-refractivity contribution is 5.94. The normalized spacial score (nSPS) is 15.8. The number of carbonyl (C=O) groups is 1. The molecule has 1 aliphatic rings. The van der Waals surface area contributed by atoms with Crippen molar-refractivity contribution in [2.75, 3.05) is 26.7 Å². The number of aromatic nitrogens is 4. The van der Waals surface area contributed by atoms with Gasteiger partial charge in [-0.2, -0.15) is 5.10 Å². The van der Waals surface area contributed by atoms with E-state index >= 15 is 0 Å². The van der Waals surface area contributed by atoms with Gasteiger partial charge in [-0.1, -0.05) is 0 Å². The molecule has 1 saturated heterocycles. The lowest BCUT2D eigenvalue weighted by atomic mass is 9.93. The quantitative estimate of drug-likeness (QED) is 0.895. The molecule has 0 aliphatic carbocycles. The van der Waals surface area contributed by atoms with Crippen LogP contribution in [0.15, 0.2) is 31.0 Å². The van der Waals surface area contributed by atoms with Crippen LogP contribution in [-0.4, -0.2) is 57.2 Å². The number of rotatable bonds is 5. The molecule has 0 unspecified atom stereocenters. The molecule has 0 saturated carbocycles. The van der Waals surface area contributed by atoms with E-state index < -0.39 is 0 Å². The number of carbonyl (C=O) groups excluding carboxylic acids is 1. The van der Waals surface area contributed by atoms with Gasteiger partial charge in [0.25, 0.3) is 5.91 Å². The molecule has 7 nitrogen and oxygen atoms in total. The highest BCUT2D eigenvalue weighted by Crippen LogP contribution is 2.21. The molecule has 1 amide bonds. The third-order valence-corrected chi connectivity index (χ3v) is 4.35. The molecule has 1 N–H and O–H groups in total. The van der Waals surface area contributed by atoms with Crippen LogP contribution in [0, 0.1) is 5.92 Å². The fraction of sp³-hybridized carbons (Fsp3) is 0.500. The average Bonchev–Trinajstić information content (AvgIpc) is 3.14. The topological polar surface area (TPSA) is 75.9 Å². The van der Waals surface area contributed by atoms with Gasteiger partial charge in [0.15, 0.2) is 5.82 Å². The van der Waals surface area contributed by atoms with E-state index in [-0.39, 0.29) is 5.91 Å². The zero-order chi connectivity index (χ0) is 16.1. The Labute approximate surface area is 135 Å². The Morgan fingerprint density at radius 2 is 2.17 bits per heavy atom. The fourth-order valence-electron chi connectivity index (χ4n) is 2.93. The van der Waals surface area contributed by atoms with Crippen molar-refractivity contribution in [3.05, 3.63) is 36.5 Å². The molecule has 0 bridgehead atoms. The Hall–Kier alpha value is -2.28. The minimum absolute atomic E-state index is 0.0645. The predicted molar refractivity (Wildman–Crippen MR) is 86.3 cm³/mol. The molecule has 0 atom stereocenters. The van der Waals surface area contributed by atoms with Gasteiger partial charge in [0.2, 0.25) is 0 Å². The summed E-state index contributed by atoms with van der Waals surface area (Å²) in [6.45, 7) is 2.71. The maximum atomic E-state index is 12.6. The highest BCUT2D eigenvalue weighted by atomic mass is 16.2. The van der Waals surface area contributed by atoms with Crippen LogP contribution >= 0.6 is 0 Å². The maximum Gasteiger partial charge on any atom is 0.255 e. The number of nitrogens with one attached hydrogen (secondary N) is 1. The molecule has 3 rings (SSSR count). The first-order chi connectivity index (χ1) is 11.3. The first kappa shape index (κ1) is 15.6. The number of hydrogen-bond acceptors (Lipinski definition) is 5. The van der Waals surface area contributed by atoms with Gasteiger partial charge >= 0.3 is 0 Å². The van der Waals surface area contributed by atoms with Crippen molar-refractivity contribution in [2.45, 2.75) is 19.3 Å². The maximum absolute atomic E-state index is 12.6.